The summed E-state index contributed by atoms with van der Waals surface area (Å²) in [5, 5.41) is 11.7. The zero-order valence-electron chi connectivity index (χ0n) is 43.1. The maximum absolute atomic E-state index is 12.8. The van der Waals surface area contributed by atoms with Crippen LogP contribution >= 0.6 is 0 Å². The topological polar surface area (TPSA) is 102 Å². The van der Waals surface area contributed by atoms with E-state index < -0.39 is 18.1 Å². The molecule has 0 radical (unpaired) electrons. The Morgan fingerprint density at radius 3 is 1.32 bits per heavy atom. The SMILES string of the molecule is CC/C=C/C/C=C/C/C=C/C/C=C/C/C=C/C/C=C/CCCC(=O)OCC(COCCC(C(=O)[O-])[N+](C)(C)C)OC(=O)CCCCCCCCC/C=C/CCCCCCCCCCCCC. The summed E-state index contributed by atoms with van der Waals surface area (Å²) >= 11 is 0. The van der Waals surface area contributed by atoms with E-state index in [-0.39, 0.29) is 49.1 Å². The highest BCUT2D eigenvalue weighted by atomic mass is 16.6. The van der Waals surface area contributed by atoms with Gasteiger partial charge in [-0.05, 0) is 83.5 Å². The van der Waals surface area contributed by atoms with Crippen LogP contribution in [0.4, 0.5) is 0 Å². The third-order valence-corrected chi connectivity index (χ3v) is 11.5. The van der Waals surface area contributed by atoms with Crippen LogP contribution in [0.5, 0.6) is 0 Å². The molecular formula is C58H99NO7. The van der Waals surface area contributed by atoms with Gasteiger partial charge in [0.05, 0.1) is 40.3 Å². The number of rotatable bonds is 47. The van der Waals surface area contributed by atoms with E-state index in [4.69, 9.17) is 14.2 Å². The number of carboxylic acid groups (broad SMARTS) is 1. The van der Waals surface area contributed by atoms with Gasteiger partial charge in [0, 0.05) is 19.3 Å². The number of quaternary nitrogens is 1. The molecule has 0 heterocycles. The van der Waals surface area contributed by atoms with Gasteiger partial charge in [0.15, 0.2) is 6.10 Å². The molecule has 66 heavy (non-hydrogen) atoms. The van der Waals surface area contributed by atoms with Crippen molar-refractivity contribution in [1.82, 2.24) is 0 Å². The van der Waals surface area contributed by atoms with Gasteiger partial charge < -0.3 is 28.6 Å². The highest BCUT2D eigenvalue weighted by molar-refractivity contribution is 5.70. The molecule has 2 unspecified atom stereocenters. The molecule has 0 N–H and O–H groups in total. The second-order valence-electron chi connectivity index (χ2n) is 18.7. The quantitative estimate of drug-likeness (QED) is 0.0259. The molecule has 0 aromatic heterocycles. The number of carboxylic acids is 1. The van der Waals surface area contributed by atoms with Gasteiger partial charge in [-0.15, -0.1) is 0 Å². The average Bonchev–Trinajstić information content (AvgIpc) is 3.28. The molecule has 0 aliphatic heterocycles. The van der Waals surface area contributed by atoms with Crippen molar-refractivity contribution < 1.29 is 38.2 Å². The molecule has 8 heteroatoms. The van der Waals surface area contributed by atoms with Crippen molar-refractivity contribution >= 4 is 17.9 Å². The molecule has 0 saturated heterocycles. The number of carbonyl (C=O) groups excluding carboxylic acids is 3. The van der Waals surface area contributed by atoms with Crippen molar-refractivity contribution in [3.05, 3.63) is 85.1 Å². The lowest BCUT2D eigenvalue weighted by Gasteiger charge is -2.34. The number of likely N-dealkylation sites (N-methyl/N-ethyl adjacent to an activating group) is 1. The molecule has 2 atom stereocenters. The van der Waals surface area contributed by atoms with Crippen LogP contribution in [0, 0.1) is 0 Å². The van der Waals surface area contributed by atoms with Crippen molar-refractivity contribution in [3.63, 3.8) is 0 Å². The van der Waals surface area contributed by atoms with E-state index in [9.17, 15) is 19.5 Å². The third kappa shape index (κ3) is 45.7. The van der Waals surface area contributed by atoms with Crippen LogP contribution in [0.2, 0.25) is 0 Å². The minimum absolute atomic E-state index is 0.0169. The molecule has 0 aromatic carbocycles. The molecule has 0 fully saturated rings. The number of aliphatic carboxylic acids is 1. The van der Waals surface area contributed by atoms with Gasteiger partial charge in [-0.3, -0.25) is 9.59 Å². The highest BCUT2D eigenvalue weighted by Crippen LogP contribution is 2.15. The van der Waals surface area contributed by atoms with Crippen LogP contribution in [0.1, 0.15) is 213 Å². The van der Waals surface area contributed by atoms with E-state index in [1.54, 1.807) is 21.1 Å². The first kappa shape index (κ1) is 62.5. The Balaban J connectivity index is 4.33. The number of hydrogen-bond acceptors (Lipinski definition) is 7. The number of nitrogens with zero attached hydrogens (tertiary/aromatic N) is 1. The standard InChI is InChI=1S/C58H99NO7/c1-6-8-10-12-14-16-18-20-22-24-26-28-29-31-33-35-37-39-41-43-45-47-49-57(61)66-54(52-64-51-50-55(58(62)63)59(3,4)5)53-65-56(60)48-46-44-42-40-38-36-34-32-30-27-25-23-21-19-17-15-13-11-9-7-2/h9,11,15,17,21,23,27,29-31,34,36,40,42,54-55H,6-8,10,12-14,16,18-20,22,24-26,28,32-33,35,37-39,41,43-53H2,1-5H3/b11-9+,17-15+,23-21+,30-27+,31-29+,36-34+,42-40+. The van der Waals surface area contributed by atoms with E-state index in [0.29, 0.717) is 12.8 Å². The zero-order chi connectivity index (χ0) is 48.4. The maximum atomic E-state index is 12.8. The average molecular weight is 922 g/mol. The van der Waals surface area contributed by atoms with Crippen molar-refractivity contribution in [1.29, 1.82) is 0 Å². The normalized spacial score (nSPS) is 13.5. The maximum Gasteiger partial charge on any atom is 0.306 e. The molecule has 0 aliphatic carbocycles. The van der Waals surface area contributed by atoms with E-state index in [1.807, 2.05) is 0 Å². The summed E-state index contributed by atoms with van der Waals surface area (Å²) in [4.78, 5) is 37.1. The van der Waals surface area contributed by atoms with Crippen LogP contribution in [0.15, 0.2) is 85.1 Å². The van der Waals surface area contributed by atoms with Gasteiger partial charge in [0.25, 0.3) is 0 Å². The zero-order valence-corrected chi connectivity index (χ0v) is 43.1. The van der Waals surface area contributed by atoms with Gasteiger partial charge >= 0.3 is 11.9 Å². The first-order valence-electron chi connectivity index (χ1n) is 26.6. The third-order valence-electron chi connectivity index (χ3n) is 11.5. The molecule has 0 saturated carbocycles. The molecule has 0 rings (SSSR count). The van der Waals surface area contributed by atoms with Crippen LogP contribution in [0.3, 0.4) is 0 Å². The number of carbonyl (C=O) groups is 3. The summed E-state index contributed by atoms with van der Waals surface area (Å²) in [5.74, 6) is -1.82. The summed E-state index contributed by atoms with van der Waals surface area (Å²) in [6.45, 7) is 4.50. The van der Waals surface area contributed by atoms with Crippen LogP contribution < -0.4 is 5.11 Å². The van der Waals surface area contributed by atoms with Gasteiger partial charge in [-0.2, -0.15) is 0 Å². The Hall–Kier alpha value is -3.49. The number of allylic oxidation sites excluding steroid dienone is 14. The fraction of sp³-hybridized carbons (Fsp3) is 0.707. The molecule has 0 aromatic rings. The Bertz CT molecular complexity index is 1350. The van der Waals surface area contributed by atoms with Crippen LogP contribution in [0.25, 0.3) is 0 Å². The molecule has 0 amide bonds. The minimum Gasteiger partial charge on any atom is -0.544 e. The number of unbranched alkanes of at least 4 members (excludes halogenated alkanes) is 19. The first-order valence-corrected chi connectivity index (χ1v) is 26.6. The fourth-order valence-electron chi connectivity index (χ4n) is 7.43. The summed E-state index contributed by atoms with van der Waals surface area (Å²) in [5.41, 5.74) is 0. The Morgan fingerprint density at radius 1 is 0.470 bits per heavy atom. The molecule has 0 bridgehead atoms. The number of ether oxygens (including phenoxy) is 3. The number of esters is 2. The van der Waals surface area contributed by atoms with Crippen molar-refractivity contribution in [2.45, 2.75) is 225 Å². The second-order valence-corrected chi connectivity index (χ2v) is 18.7. The molecule has 8 nitrogen and oxygen atoms in total. The molecule has 378 valence electrons. The number of hydrogen-bond donors (Lipinski definition) is 0. The lowest BCUT2D eigenvalue weighted by Crippen LogP contribution is -2.55. The molecule has 0 spiro atoms. The smallest absolute Gasteiger partial charge is 0.306 e. The monoisotopic (exact) mass is 922 g/mol. The highest BCUT2D eigenvalue weighted by Gasteiger charge is 2.25. The summed E-state index contributed by atoms with van der Waals surface area (Å²) < 4.78 is 17.2. The van der Waals surface area contributed by atoms with Crippen molar-refractivity contribution in [3.8, 4) is 0 Å². The van der Waals surface area contributed by atoms with E-state index >= 15 is 0 Å². The lowest BCUT2D eigenvalue weighted by atomic mass is 10.0. The van der Waals surface area contributed by atoms with Gasteiger partial charge in [-0.25, -0.2) is 0 Å². The van der Waals surface area contributed by atoms with E-state index in [2.05, 4.69) is 98.9 Å². The van der Waals surface area contributed by atoms with Crippen LogP contribution in [-0.4, -0.2) is 75.5 Å². The largest absolute Gasteiger partial charge is 0.544 e. The van der Waals surface area contributed by atoms with Gasteiger partial charge in [0.1, 0.15) is 12.6 Å². The minimum atomic E-state index is -1.13. The summed E-state index contributed by atoms with van der Waals surface area (Å²) in [7, 11) is 5.39. The Morgan fingerprint density at radius 2 is 0.864 bits per heavy atom. The van der Waals surface area contributed by atoms with Crippen molar-refractivity contribution in [2.24, 2.45) is 0 Å². The van der Waals surface area contributed by atoms with E-state index in [1.165, 1.54) is 109 Å². The predicted molar refractivity (Wildman–Crippen MR) is 277 cm³/mol. The van der Waals surface area contributed by atoms with Gasteiger partial charge in [-0.1, -0.05) is 195 Å². The van der Waals surface area contributed by atoms with Gasteiger partial charge in [0.2, 0.25) is 0 Å². The van der Waals surface area contributed by atoms with E-state index in [0.717, 1.165) is 64.2 Å². The Kier molecular flexibility index (Phi) is 45.4. The fourth-order valence-corrected chi connectivity index (χ4v) is 7.43. The molecule has 0 aliphatic rings. The summed E-state index contributed by atoms with van der Waals surface area (Å²) in [6, 6.07) is -0.740. The molecular weight excluding hydrogens is 823 g/mol. The predicted octanol–water partition coefficient (Wildman–Crippen LogP) is 14.3. The second kappa shape index (κ2) is 48.0. The summed E-state index contributed by atoms with van der Waals surface area (Å²) in [6.07, 6.45) is 63.4. The van der Waals surface area contributed by atoms with Crippen molar-refractivity contribution in [2.75, 3.05) is 41.0 Å². The van der Waals surface area contributed by atoms with Crippen LogP contribution in [-0.2, 0) is 28.6 Å². The first-order chi connectivity index (χ1) is 32.1. The lowest BCUT2D eigenvalue weighted by molar-refractivity contribution is -0.889. The Labute approximate surface area is 405 Å².